The molecule has 1 unspecified atom stereocenters. The van der Waals surface area contributed by atoms with Crippen LogP contribution in [0.15, 0.2) is 36.3 Å². The molecule has 2 aliphatic rings. The van der Waals surface area contributed by atoms with Crippen LogP contribution in [0.5, 0.6) is 11.5 Å². The third-order valence-corrected chi connectivity index (χ3v) is 6.01. The summed E-state index contributed by atoms with van der Waals surface area (Å²) in [5.74, 6) is -4.61. The highest BCUT2D eigenvalue weighted by molar-refractivity contribution is 5.95. The molecule has 1 aliphatic heterocycles. The number of ether oxygens (including phenoxy) is 2. The van der Waals surface area contributed by atoms with Gasteiger partial charge in [0.05, 0.1) is 39.7 Å². The van der Waals surface area contributed by atoms with Gasteiger partial charge in [0.25, 0.3) is 0 Å². The van der Waals surface area contributed by atoms with E-state index in [9.17, 15) is 23.8 Å². The Morgan fingerprint density at radius 3 is 2.70 bits per heavy atom. The zero-order valence-corrected chi connectivity index (χ0v) is 19.2. The third-order valence-electron chi connectivity index (χ3n) is 6.01. The molecule has 0 bridgehead atoms. The SMILES string of the molecule is [2H]c1c(CC(=O)C2(c3ccc4c(c3)OC(F)(F)O4)C([2H])([2H])C2([2H])[2H])c(F)c([2H])c2c1c([2H])c(C(C)(C([2H])([2H])[2H])C([2H])([2H])C)n2C([2H])([2H])[C@@H](O)C([2H])([2H])O. The smallest absolute Gasteiger partial charge is 0.395 e. The summed E-state index contributed by atoms with van der Waals surface area (Å²) in [5, 5.41) is 19.5. The van der Waals surface area contributed by atoms with Gasteiger partial charge >= 0.3 is 6.29 Å². The predicted molar refractivity (Wildman–Crippen MR) is 131 cm³/mol. The number of carbonyl (C=O) groups is 1. The first-order chi connectivity index (χ1) is 23.6. The van der Waals surface area contributed by atoms with E-state index < -0.39 is 138 Å². The standard InChI is InChI=1S/C28H30F3NO5/c1-4-26(2,3)24-10-17-9-16(20(29)13-21(17)32(24)14-19(34)15-33)11-25(35)27(7-8-27)18-5-6-22-23(12-18)37-28(30,31)36-22/h5-6,9-10,12-13,19,33-34H,4,7-8,11,14-15H2,1-3H3/t19-/m1/s1/i2D3,4D2,7D2,8D2,9D,10D,13D,14D2,15D2/t19-,26?. The quantitative estimate of drug-likeness (QED) is 0.405. The Hall–Kier alpha value is -3.04. The van der Waals surface area contributed by atoms with Crippen LogP contribution in [-0.4, -0.2) is 39.5 Å². The maximum absolute atomic E-state index is 16.4. The van der Waals surface area contributed by atoms with Gasteiger partial charge in [0.1, 0.15) is 11.6 Å². The molecule has 0 spiro atoms. The van der Waals surface area contributed by atoms with Crippen molar-refractivity contribution >= 4 is 16.7 Å². The topological polar surface area (TPSA) is 80.9 Å². The Balaban J connectivity index is 1.82. The zero-order chi connectivity index (χ0) is 40.8. The van der Waals surface area contributed by atoms with Crippen LogP contribution in [0.1, 0.15) is 78.6 Å². The lowest BCUT2D eigenvalue weighted by Crippen LogP contribution is -2.26. The summed E-state index contributed by atoms with van der Waals surface area (Å²) in [6.45, 7) is -9.76. The number of benzene rings is 2. The number of fused-ring (bicyclic) bond motifs is 2. The number of alkyl halides is 2. The molecule has 1 saturated carbocycles. The van der Waals surface area contributed by atoms with Crippen LogP contribution < -0.4 is 9.47 Å². The molecule has 1 aromatic heterocycles. The second kappa shape index (κ2) is 8.77. The number of ketones is 1. The van der Waals surface area contributed by atoms with Crippen LogP contribution in [0, 0.1) is 5.82 Å². The summed E-state index contributed by atoms with van der Waals surface area (Å²) in [5.41, 5.74) is -10.0. The minimum Gasteiger partial charge on any atom is -0.395 e. The van der Waals surface area contributed by atoms with Crippen molar-refractivity contribution in [1.82, 2.24) is 4.57 Å². The van der Waals surface area contributed by atoms with E-state index in [0.717, 1.165) is 19.1 Å². The summed E-state index contributed by atoms with van der Waals surface area (Å²) in [7, 11) is 0. The predicted octanol–water partition coefficient (Wildman–Crippen LogP) is 4.99. The molecule has 1 aliphatic carbocycles. The Morgan fingerprint density at radius 2 is 2.05 bits per heavy atom. The average Bonchev–Trinajstić information content (AvgIpc) is 3.26. The molecule has 0 amide bonds. The fraction of sp³-hybridized carbons (Fsp3) is 0.464. The molecule has 0 radical (unpaired) electrons. The minimum absolute atomic E-state index is 0.0474. The number of halogens is 3. The van der Waals surface area contributed by atoms with Crippen molar-refractivity contribution in [3.05, 3.63) is 59.0 Å². The van der Waals surface area contributed by atoms with Crippen LogP contribution in [-0.2, 0) is 28.5 Å². The number of rotatable bonds is 9. The normalized spacial score (nSPS) is 30.1. The van der Waals surface area contributed by atoms with Crippen molar-refractivity contribution in [1.29, 1.82) is 0 Å². The second-order valence-corrected chi connectivity index (χ2v) is 8.54. The van der Waals surface area contributed by atoms with Crippen LogP contribution >= 0.6 is 0 Å². The van der Waals surface area contributed by atoms with E-state index in [2.05, 4.69) is 9.47 Å². The van der Waals surface area contributed by atoms with Crippen molar-refractivity contribution in [2.45, 2.75) is 76.0 Å². The van der Waals surface area contributed by atoms with E-state index in [-0.39, 0.29) is 4.57 Å². The molecule has 6 nitrogen and oxygen atoms in total. The van der Waals surface area contributed by atoms with E-state index in [1.165, 1.54) is 0 Å². The number of carbonyl (C=O) groups excluding carboxylic acids is 1. The summed E-state index contributed by atoms with van der Waals surface area (Å²) < 4.78 is 186. The van der Waals surface area contributed by atoms with E-state index in [1.807, 2.05) is 0 Å². The van der Waals surface area contributed by atoms with Gasteiger partial charge in [-0.2, -0.15) is 0 Å². The van der Waals surface area contributed by atoms with Gasteiger partial charge in [-0.15, -0.1) is 8.78 Å². The summed E-state index contributed by atoms with van der Waals surface area (Å²) in [6, 6.07) is -1.54. The van der Waals surface area contributed by atoms with Crippen LogP contribution in [0.3, 0.4) is 0 Å². The second-order valence-electron chi connectivity index (χ2n) is 8.54. The number of nitrogens with zero attached hydrogens (tertiary/aromatic N) is 1. The monoisotopic (exact) mass is 533 g/mol. The van der Waals surface area contributed by atoms with Gasteiger partial charge in [0.2, 0.25) is 0 Å². The molecule has 2 N–H and O–H groups in total. The van der Waals surface area contributed by atoms with Gasteiger partial charge < -0.3 is 24.3 Å². The lowest BCUT2D eigenvalue weighted by atomic mass is 9.86. The molecule has 198 valence electrons. The molecule has 1 fully saturated rings. The van der Waals surface area contributed by atoms with Gasteiger partial charge in [-0.25, -0.2) is 4.39 Å². The van der Waals surface area contributed by atoms with Gasteiger partial charge in [-0.3, -0.25) is 4.79 Å². The Morgan fingerprint density at radius 1 is 1.32 bits per heavy atom. The number of aliphatic hydroxyl groups is 2. The van der Waals surface area contributed by atoms with Crippen molar-refractivity contribution in [2.75, 3.05) is 6.56 Å². The number of hydrogen-bond acceptors (Lipinski definition) is 5. The summed E-state index contributed by atoms with van der Waals surface area (Å²) in [6.07, 6.45) is -18.0. The maximum atomic E-state index is 16.4. The first kappa shape index (κ1) is 12.7. The third kappa shape index (κ3) is 4.48. The number of aliphatic hydroxyl groups excluding tert-OH is 1. The van der Waals surface area contributed by atoms with Crippen LogP contribution in [0.25, 0.3) is 10.9 Å². The molecule has 2 heterocycles. The highest BCUT2D eigenvalue weighted by Gasteiger charge is 2.52. The van der Waals surface area contributed by atoms with Gasteiger partial charge in [-0.05, 0) is 60.5 Å². The van der Waals surface area contributed by atoms with Crippen molar-refractivity contribution in [3.8, 4) is 11.5 Å². The molecular weight excluding hydrogens is 487 g/mol. The van der Waals surface area contributed by atoms with Gasteiger partial charge in [0, 0.05) is 35.3 Å². The lowest BCUT2D eigenvalue weighted by molar-refractivity contribution is -0.286. The molecule has 5 rings (SSSR count). The largest absolute Gasteiger partial charge is 0.586 e. The van der Waals surface area contributed by atoms with Gasteiger partial charge in [0.15, 0.2) is 11.5 Å². The average molecular weight is 534 g/mol. The molecule has 37 heavy (non-hydrogen) atoms. The Bertz CT molecular complexity index is 2030. The molecule has 3 aromatic rings. The molecular formula is C28H30F3NO5. The summed E-state index contributed by atoms with van der Waals surface area (Å²) in [4.78, 5) is 14.1. The van der Waals surface area contributed by atoms with E-state index in [4.69, 9.17) is 21.9 Å². The highest BCUT2D eigenvalue weighted by Crippen LogP contribution is 2.52. The fourth-order valence-electron chi connectivity index (χ4n) is 3.90. The van der Waals surface area contributed by atoms with Crippen molar-refractivity contribution in [3.63, 3.8) is 0 Å². The fourth-order valence-corrected chi connectivity index (χ4v) is 3.90. The molecule has 0 saturated heterocycles. The number of aromatic nitrogens is 1. The summed E-state index contributed by atoms with van der Waals surface area (Å²) >= 11 is 0. The highest BCUT2D eigenvalue weighted by atomic mass is 19.3. The minimum atomic E-state index is -4.16. The van der Waals surface area contributed by atoms with Crippen molar-refractivity contribution in [2.24, 2.45) is 0 Å². The van der Waals surface area contributed by atoms with E-state index in [1.54, 1.807) is 0 Å². The zero-order valence-electron chi connectivity index (χ0n) is 35.2. The van der Waals surface area contributed by atoms with E-state index >= 15 is 4.39 Å². The molecule has 2 atom stereocenters. The van der Waals surface area contributed by atoms with E-state index in [0.29, 0.717) is 13.0 Å². The van der Waals surface area contributed by atoms with Crippen LogP contribution in [0.2, 0.25) is 0 Å². The van der Waals surface area contributed by atoms with Crippen molar-refractivity contribution < 1.29 is 59.6 Å². The van der Waals surface area contributed by atoms with Crippen LogP contribution in [0.4, 0.5) is 13.2 Å². The lowest BCUT2D eigenvalue weighted by Gasteiger charge is -2.26. The Labute approximate surface area is 235 Å². The Kier molecular flexibility index (Phi) is 3.00. The van der Waals surface area contributed by atoms with Gasteiger partial charge in [-0.1, -0.05) is 26.8 Å². The number of hydrogen-bond donors (Lipinski definition) is 2. The molecule has 2 aromatic carbocycles. The number of Topliss-reactive ketones (excluding diaryl/α,β-unsaturated/α-hetero) is 1. The first-order valence-electron chi connectivity index (χ1n) is 18.8. The maximum Gasteiger partial charge on any atom is 0.586 e. The molecule has 9 heteroatoms. The first-order valence-corrected chi connectivity index (χ1v) is 10.8.